The van der Waals surface area contributed by atoms with Gasteiger partial charge in [-0.2, -0.15) is 5.26 Å². The molecule has 0 aromatic heterocycles. The van der Waals surface area contributed by atoms with Crippen LogP contribution in [-0.4, -0.2) is 7.11 Å². The third-order valence-electron chi connectivity index (χ3n) is 2.82. The van der Waals surface area contributed by atoms with Gasteiger partial charge in [-0.25, -0.2) is 4.39 Å². The third kappa shape index (κ3) is 3.28. The summed E-state index contributed by atoms with van der Waals surface area (Å²) < 4.78 is 19.6. The maximum Gasteiger partial charge on any atom is 0.143 e. The predicted molar refractivity (Wildman–Crippen MR) is 79.1 cm³/mol. The number of hydrogen-bond acceptors (Lipinski definition) is 3. The van der Waals surface area contributed by atoms with E-state index in [1.165, 1.54) is 13.2 Å². The Morgan fingerprint density at radius 1 is 1.30 bits per heavy atom. The van der Waals surface area contributed by atoms with Gasteiger partial charge in [0.25, 0.3) is 0 Å². The molecule has 0 saturated heterocycles. The van der Waals surface area contributed by atoms with E-state index in [9.17, 15) is 4.39 Å². The Labute approximate surface area is 125 Å². The van der Waals surface area contributed by atoms with Crippen LogP contribution < -0.4 is 10.1 Å². The molecule has 0 aliphatic carbocycles. The van der Waals surface area contributed by atoms with Crippen molar-refractivity contribution in [2.75, 3.05) is 12.4 Å². The molecule has 20 heavy (non-hydrogen) atoms. The Kier molecular flexibility index (Phi) is 4.59. The predicted octanol–water partition coefficient (Wildman–Crippen LogP) is 4.08. The molecule has 2 rings (SSSR count). The lowest BCUT2D eigenvalue weighted by atomic mass is 10.1. The van der Waals surface area contributed by atoms with Gasteiger partial charge in [0, 0.05) is 22.6 Å². The lowest BCUT2D eigenvalue weighted by Gasteiger charge is -2.12. The Morgan fingerprint density at radius 3 is 2.75 bits per heavy atom. The number of rotatable bonds is 4. The Morgan fingerprint density at radius 2 is 2.10 bits per heavy atom. The first kappa shape index (κ1) is 14.4. The van der Waals surface area contributed by atoms with Crippen LogP contribution in [-0.2, 0) is 6.54 Å². The van der Waals surface area contributed by atoms with Crippen LogP contribution in [0, 0.1) is 17.1 Å². The van der Waals surface area contributed by atoms with E-state index in [0.717, 1.165) is 0 Å². The molecule has 5 heteroatoms. The summed E-state index contributed by atoms with van der Waals surface area (Å²) in [6.07, 6.45) is 0. The summed E-state index contributed by atoms with van der Waals surface area (Å²) in [5.41, 5.74) is 1.79. The zero-order valence-electron chi connectivity index (χ0n) is 10.8. The summed E-state index contributed by atoms with van der Waals surface area (Å²) in [7, 11) is 1.53. The second-order valence-electron chi connectivity index (χ2n) is 4.12. The monoisotopic (exact) mass is 334 g/mol. The number of methoxy groups -OCH3 is 1. The summed E-state index contributed by atoms with van der Waals surface area (Å²) in [5, 5.41) is 11.9. The van der Waals surface area contributed by atoms with Gasteiger partial charge in [-0.05, 0) is 24.3 Å². The summed E-state index contributed by atoms with van der Waals surface area (Å²) in [4.78, 5) is 0. The highest BCUT2D eigenvalue weighted by Crippen LogP contribution is 2.26. The van der Waals surface area contributed by atoms with Gasteiger partial charge >= 0.3 is 0 Å². The Bertz CT molecular complexity index is 667. The van der Waals surface area contributed by atoms with E-state index in [1.807, 2.05) is 6.07 Å². The van der Waals surface area contributed by atoms with Crippen LogP contribution in [0.25, 0.3) is 0 Å². The van der Waals surface area contributed by atoms with Crippen molar-refractivity contribution in [1.82, 2.24) is 0 Å². The molecule has 0 unspecified atom stereocenters. The molecule has 0 bridgehead atoms. The highest BCUT2D eigenvalue weighted by molar-refractivity contribution is 9.10. The number of nitrogens with one attached hydrogen (secondary N) is 1. The van der Waals surface area contributed by atoms with Gasteiger partial charge in [0.05, 0.1) is 24.4 Å². The molecule has 102 valence electrons. The van der Waals surface area contributed by atoms with E-state index in [1.54, 1.807) is 30.3 Å². The van der Waals surface area contributed by atoms with Crippen molar-refractivity contribution >= 4 is 21.6 Å². The zero-order chi connectivity index (χ0) is 14.5. The number of nitrogens with zero attached hydrogens (tertiary/aromatic N) is 1. The average molecular weight is 335 g/mol. The maximum absolute atomic E-state index is 13.7. The minimum atomic E-state index is -0.278. The van der Waals surface area contributed by atoms with Crippen LogP contribution in [0.4, 0.5) is 10.1 Å². The molecule has 0 radical (unpaired) electrons. The highest BCUT2D eigenvalue weighted by atomic mass is 79.9. The van der Waals surface area contributed by atoms with Crippen molar-refractivity contribution in [3.63, 3.8) is 0 Å². The van der Waals surface area contributed by atoms with Gasteiger partial charge in [0.15, 0.2) is 0 Å². The molecule has 0 atom stereocenters. The highest BCUT2D eigenvalue weighted by Gasteiger charge is 2.06. The van der Waals surface area contributed by atoms with Gasteiger partial charge in [0.1, 0.15) is 11.6 Å². The average Bonchev–Trinajstić information content (AvgIpc) is 2.46. The van der Waals surface area contributed by atoms with Gasteiger partial charge in [0.2, 0.25) is 0 Å². The number of benzene rings is 2. The van der Waals surface area contributed by atoms with E-state index in [0.29, 0.717) is 33.6 Å². The topological polar surface area (TPSA) is 45.0 Å². The molecule has 0 saturated carbocycles. The van der Waals surface area contributed by atoms with Crippen LogP contribution >= 0.6 is 15.9 Å². The molecule has 2 aromatic carbocycles. The zero-order valence-corrected chi connectivity index (χ0v) is 12.4. The first-order valence-corrected chi connectivity index (χ1v) is 6.69. The van der Waals surface area contributed by atoms with Crippen LogP contribution in [0.1, 0.15) is 11.1 Å². The minimum Gasteiger partial charge on any atom is -0.495 e. The molecule has 0 fully saturated rings. The number of halogens is 2. The lowest BCUT2D eigenvalue weighted by molar-refractivity contribution is 0.416. The van der Waals surface area contributed by atoms with E-state index in [2.05, 4.69) is 21.2 Å². The third-order valence-corrected chi connectivity index (χ3v) is 3.31. The fraction of sp³-hybridized carbons (Fsp3) is 0.133. The van der Waals surface area contributed by atoms with E-state index >= 15 is 0 Å². The lowest BCUT2D eigenvalue weighted by Crippen LogP contribution is -2.03. The SMILES string of the molecule is COc1cc(C#N)ccc1NCc1ccc(Br)cc1F. The van der Waals surface area contributed by atoms with Crippen LogP contribution in [0.2, 0.25) is 0 Å². The quantitative estimate of drug-likeness (QED) is 0.916. The van der Waals surface area contributed by atoms with E-state index < -0.39 is 0 Å². The summed E-state index contributed by atoms with van der Waals surface area (Å²) in [6, 6.07) is 12.0. The van der Waals surface area contributed by atoms with Crippen molar-refractivity contribution in [2.45, 2.75) is 6.54 Å². The van der Waals surface area contributed by atoms with Gasteiger partial charge in [-0.15, -0.1) is 0 Å². The largest absolute Gasteiger partial charge is 0.495 e. The Hall–Kier alpha value is -2.06. The maximum atomic E-state index is 13.7. The molecule has 0 amide bonds. The first-order valence-electron chi connectivity index (χ1n) is 5.90. The van der Waals surface area contributed by atoms with Gasteiger partial charge in [-0.3, -0.25) is 0 Å². The second kappa shape index (κ2) is 6.40. The van der Waals surface area contributed by atoms with Crippen molar-refractivity contribution in [3.8, 4) is 11.8 Å². The number of anilines is 1. The number of hydrogen-bond donors (Lipinski definition) is 1. The first-order chi connectivity index (χ1) is 9.63. The molecule has 2 aromatic rings. The summed E-state index contributed by atoms with van der Waals surface area (Å²) in [6.45, 7) is 0.335. The van der Waals surface area contributed by atoms with Crippen LogP contribution in [0.5, 0.6) is 5.75 Å². The van der Waals surface area contributed by atoms with Crippen LogP contribution in [0.15, 0.2) is 40.9 Å². The van der Waals surface area contributed by atoms with E-state index in [4.69, 9.17) is 10.00 Å². The number of ether oxygens (including phenoxy) is 1. The molecule has 3 nitrogen and oxygen atoms in total. The van der Waals surface area contributed by atoms with Crippen molar-refractivity contribution in [2.24, 2.45) is 0 Å². The molecular weight excluding hydrogens is 323 g/mol. The fourth-order valence-electron chi connectivity index (χ4n) is 1.76. The normalized spacial score (nSPS) is 9.90. The molecular formula is C15H12BrFN2O. The van der Waals surface area contributed by atoms with Gasteiger partial charge < -0.3 is 10.1 Å². The van der Waals surface area contributed by atoms with Crippen molar-refractivity contribution < 1.29 is 9.13 Å². The summed E-state index contributed by atoms with van der Waals surface area (Å²) in [5.74, 6) is 0.279. The molecule has 1 N–H and O–H groups in total. The Balaban J connectivity index is 2.16. The molecule has 0 heterocycles. The van der Waals surface area contributed by atoms with Crippen LogP contribution in [0.3, 0.4) is 0 Å². The standard InChI is InChI=1S/C15H12BrFN2O/c1-20-15-6-10(8-18)2-5-14(15)19-9-11-3-4-12(16)7-13(11)17/h2-7,19H,9H2,1H3. The van der Waals surface area contributed by atoms with E-state index in [-0.39, 0.29) is 5.82 Å². The molecule has 0 aliphatic rings. The van der Waals surface area contributed by atoms with Crippen molar-refractivity contribution in [3.05, 3.63) is 57.8 Å². The number of nitriles is 1. The fourth-order valence-corrected chi connectivity index (χ4v) is 2.10. The molecule has 0 spiro atoms. The van der Waals surface area contributed by atoms with Crippen molar-refractivity contribution in [1.29, 1.82) is 5.26 Å². The van der Waals surface area contributed by atoms with Gasteiger partial charge in [-0.1, -0.05) is 22.0 Å². The smallest absolute Gasteiger partial charge is 0.143 e. The minimum absolute atomic E-state index is 0.278. The second-order valence-corrected chi connectivity index (χ2v) is 5.03. The molecule has 0 aliphatic heterocycles. The summed E-state index contributed by atoms with van der Waals surface area (Å²) >= 11 is 3.22.